The number of nitrogens with one attached hydrogen (secondary N) is 2. The summed E-state index contributed by atoms with van der Waals surface area (Å²) in [6, 6.07) is 0.258. The lowest BCUT2D eigenvalue weighted by atomic mass is 9.96. The van der Waals surface area contributed by atoms with Crippen LogP contribution in [0.1, 0.15) is 40.5 Å². The molecular formula is C14H24N2O. The molecule has 17 heavy (non-hydrogen) atoms. The van der Waals surface area contributed by atoms with Crippen molar-refractivity contribution in [2.24, 2.45) is 11.3 Å². The summed E-state index contributed by atoms with van der Waals surface area (Å²) in [6.45, 7) is 9.90. The van der Waals surface area contributed by atoms with Gasteiger partial charge in [0.1, 0.15) is 0 Å². The molecule has 3 heteroatoms. The number of carbonyl (C=O) groups is 1. The van der Waals surface area contributed by atoms with Crippen LogP contribution in [-0.4, -0.2) is 25.0 Å². The molecule has 0 aliphatic carbocycles. The number of hydrogen-bond acceptors (Lipinski definition) is 2. The van der Waals surface area contributed by atoms with Crippen LogP contribution >= 0.6 is 0 Å². The first-order valence-electron chi connectivity index (χ1n) is 6.43. The monoisotopic (exact) mass is 236 g/mol. The molecule has 1 rings (SSSR count). The van der Waals surface area contributed by atoms with Gasteiger partial charge in [0.15, 0.2) is 0 Å². The molecular weight excluding hydrogens is 212 g/mol. The van der Waals surface area contributed by atoms with E-state index < -0.39 is 0 Å². The van der Waals surface area contributed by atoms with Crippen LogP contribution in [0.4, 0.5) is 0 Å². The summed E-state index contributed by atoms with van der Waals surface area (Å²) in [4.78, 5) is 11.4. The van der Waals surface area contributed by atoms with Crippen LogP contribution in [0, 0.1) is 23.2 Å². The maximum absolute atomic E-state index is 11.4. The van der Waals surface area contributed by atoms with Gasteiger partial charge in [0.2, 0.25) is 5.91 Å². The molecule has 1 fully saturated rings. The summed E-state index contributed by atoms with van der Waals surface area (Å²) in [7, 11) is 0. The average Bonchev–Trinajstić information content (AvgIpc) is 2.62. The largest absolute Gasteiger partial charge is 0.356 e. The molecule has 1 amide bonds. The zero-order chi connectivity index (χ0) is 12.9. The molecule has 1 heterocycles. The minimum Gasteiger partial charge on any atom is -0.356 e. The van der Waals surface area contributed by atoms with E-state index >= 15 is 0 Å². The second-order valence-corrected chi connectivity index (χ2v) is 5.74. The smallest absolute Gasteiger partial charge is 0.220 e. The molecule has 0 bridgehead atoms. The van der Waals surface area contributed by atoms with Crippen molar-refractivity contribution >= 4 is 5.91 Å². The number of amides is 1. The Bertz CT molecular complexity index is 319. The van der Waals surface area contributed by atoms with E-state index in [1.807, 2.05) is 6.92 Å². The van der Waals surface area contributed by atoms with Crippen LogP contribution in [0.15, 0.2) is 0 Å². The van der Waals surface area contributed by atoms with Crippen molar-refractivity contribution in [1.82, 2.24) is 10.6 Å². The van der Waals surface area contributed by atoms with Crippen LogP contribution in [-0.2, 0) is 4.79 Å². The molecule has 1 saturated heterocycles. The summed E-state index contributed by atoms with van der Waals surface area (Å²) in [5, 5.41) is 6.21. The SMILES string of the molecule is CCNC(=O)C[C@H]1CN[C@H](C#CC(C)(C)C)C1. The quantitative estimate of drug-likeness (QED) is 0.730. The second kappa shape index (κ2) is 6.07. The Balaban J connectivity index is 2.37. The van der Waals surface area contributed by atoms with Crippen molar-refractivity contribution in [3.8, 4) is 11.8 Å². The molecule has 96 valence electrons. The lowest BCUT2D eigenvalue weighted by Gasteiger charge is -2.09. The Morgan fingerprint density at radius 2 is 2.18 bits per heavy atom. The number of rotatable bonds is 3. The molecule has 3 nitrogen and oxygen atoms in total. The third kappa shape index (κ3) is 5.74. The third-order valence-corrected chi connectivity index (χ3v) is 2.69. The lowest BCUT2D eigenvalue weighted by Crippen LogP contribution is -2.25. The Hall–Kier alpha value is -1.01. The van der Waals surface area contributed by atoms with Crippen LogP contribution in [0.2, 0.25) is 0 Å². The highest BCUT2D eigenvalue weighted by Gasteiger charge is 2.24. The van der Waals surface area contributed by atoms with Gasteiger partial charge in [-0.2, -0.15) is 0 Å². The normalized spacial score (nSPS) is 24.0. The fraction of sp³-hybridized carbons (Fsp3) is 0.786. The summed E-state index contributed by atoms with van der Waals surface area (Å²) < 4.78 is 0. The highest BCUT2D eigenvalue weighted by molar-refractivity contribution is 5.76. The van der Waals surface area contributed by atoms with Gasteiger partial charge in [-0.05, 0) is 46.6 Å². The average molecular weight is 236 g/mol. The highest BCUT2D eigenvalue weighted by Crippen LogP contribution is 2.18. The van der Waals surface area contributed by atoms with Crippen molar-refractivity contribution in [1.29, 1.82) is 0 Å². The Kier molecular flexibility index (Phi) is 5.02. The van der Waals surface area contributed by atoms with Crippen molar-refractivity contribution in [2.75, 3.05) is 13.1 Å². The van der Waals surface area contributed by atoms with Gasteiger partial charge >= 0.3 is 0 Å². The Labute approximate surface area is 105 Å². The van der Waals surface area contributed by atoms with Gasteiger partial charge in [0, 0.05) is 18.4 Å². The molecule has 0 spiro atoms. The standard InChI is InChI=1S/C14H24N2O/c1-5-15-13(17)9-11-8-12(16-10-11)6-7-14(2,3)4/h11-12,16H,5,8-10H2,1-4H3,(H,15,17)/t11-,12+/m0/s1. The van der Waals surface area contributed by atoms with E-state index in [-0.39, 0.29) is 17.4 Å². The van der Waals surface area contributed by atoms with E-state index in [0.29, 0.717) is 18.9 Å². The van der Waals surface area contributed by atoms with Gasteiger partial charge < -0.3 is 10.6 Å². The van der Waals surface area contributed by atoms with Crippen LogP contribution < -0.4 is 10.6 Å². The van der Waals surface area contributed by atoms with E-state index in [0.717, 1.165) is 13.0 Å². The van der Waals surface area contributed by atoms with Crippen molar-refractivity contribution in [3.63, 3.8) is 0 Å². The lowest BCUT2D eigenvalue weighted by molar-refractivity contribution is -0.121. The zero-order valence-corrected chi connectivity index (χ0v) is 11.4. The molecule has 0 radical (unpaired) electrons. The first kappa shape index (κ1) is 14.1. The maximum Gasteiger partial charge on any atom is 0.220 e. The van der Waals surface area contributed by atoms with Gasteiger partial charge in [-0.1, -0.05) is 11.8 Å². The summed E-state index contributed by atoms with van der Waals surface area (Å²) in [5.41, 5.74) is 0.0549. The molecule has 2 atom stereocenters. The fourth-order valence-electron chi connectivity index (χ4n) is 1.91. The first-order chi connectivity index (χ1) is 7.90. The second-order valence-electron chi connectivity index (χ2n) is 5.74. The van der Waals surface area contributed by atoms with E-state index in [1.54, 1.807) is 0 Å². The molecule has 0 aromatic carbocycles. The van der Waals surface area contributed by atoms with E-state index in [1.165, 1.54) is 0 Å². The van der Waals surface area contributed by atoms with Gasteiger partial charge in [0.05, 0.1) is 6.04 Å². The number of carbonyl (C=O) groups excluding carboxylic acids is 1. The molecule has 0 saturated carbocycles. The van der Waals surface area contributed by atoms with Gasteiger partial charge in [-0.15, -0.1) is 0 Å². The Morgan fingerprint density at radius 1 is 1.47 bits per heavy atom. The molecule has 1 aliphatic heterocycles. The molecule has 1 aliphatic rings. The predicted molar refractivity (Wildman–Crippen MR) is 70.4 cm³/mol. The zero-order valence-electron chi connectivity index (χ0n) is 11.4. The van der Waals surface area contributed by atoms with Crippen molar-refractivity contribution in [3.05, 3.63) is 0 Å². The molecule has 0 unspecified atom stereocenters. The summed E-state index contributed by atoms with van der Waals surface area (Å²) >= 11 is 0. The van der Waals surface area contributed by atoms with Crippen LogP contribution in [0.5, 0.6) is 0 Å². The summed E-state index contributed by atoms with van der Waals surface area (Å²) in [5.74, 6) is 7.10. The minimum atomic E-state index is 0.0549. The van der Waals surface area contributed by atoms with E-state index in [4.69, 9.17) is 0 Å². The van der Waals surface area contributed by atoms with Crippen LogP contribution in [0.3, 0.4) is 0 Å². The van der Waals surface area contributed by atoms with Crippen molar-refractivity contribution in [2.45, 2.75) is 46.6 Å². The molecule has 0 aromatic rings. The fourth-order valence-corrected chi connectivity index (χ4v) is 1.91. The van der Waals surface area contributed by atoms with E-state index in [2.05, 4.69) is 43.2 Å². The van der Waals surface area contributed by atoms with Gasteiger partial charge in [0.25, 0.3) is 0 Å². The number of hydrogen-bond donors (Lipinski definition) is 2. The first-order valence-corrected chi connectivity index (χ1v) is 6.43. The molecule has 0 aromatic heterocycles. The topological polar surface area (TPSA) is 41.1 Å². The maximum atomic E-state index is 11.4. The Morgan fingerprint density at radius 3 is 2.76 bits per heavy atom. The van der Waals surface area contributed by atoms with Gasteiger partial charge in [-0.3, -0.25) is 4.79 Å². The van der Waals surface area contributed by atoms with E-state index in [9.17, 15) is 4.79 Å². The van der Waals surface area contributed by atoms with Crippen LogP contribution in [0.25, 0.3) is 0 Å². The van der Waals surface area contributed by atoms with Crippen molar-refractivity contribution < 1.29 is 4.79 Å². The molecule has 2 N–H and O–H groups in total. The van der Waals surface area contributed by atoms with Gasteiger partial charge in [-0.25, -0.2) is 0 Å². The third-order valence-electron chi connectivity index (χ3n) is 2.69. The predicted octanol–water partition coefficient (Wildman–Crippen LogP) is 1.54. The summed E-state index contributed by atoms with van der Waals surface area (Å²) in [6.07, 6.45) is 1.61. The highest BCUT2D eigenvalue weighted by atomic mass is 16.1. The minimum absolute atomic E-state index is 0.0549.